The first-order chi connectivity index (χ1) is 28.5. The van der Waals surface area contributed by atoms with Crippen molar-refractivity contribution in [3.63, 3.8) is 0 Å². The Kier molecular flexibility index (Phi) is 28.3. The second-order valence-corrected chi connectivity index (χ2v) is 16.3. The van der Waals surface area contributed by atoms with Crippen LogP contribution in [0.25, 0.3) is 0 Å². The first-order valence-electron chi connectivity index (χ1n) is 21.5. The summed E-state index contributed by atoms with van der Waals surface area (Å²) in [4.78, 5) is 23.9. The maximum absolute atomic E-state index is 13.3. The molecule has 11 nitrogen and oxygen atoms in total. The minimum absolute atomic E-state index is 0.0372. The van der Waals surface area contributed by atoms with Crippen LogP contribution >= 0.6 is 0 Å². The normalized spacial score (nSPS) is 30.9. The van der Waals surface area contributed by atoms with Gasteiger partial charge in [0.15, 0.2) is 0 Å². The lowest BCUT2D eigenvalue weighted by Crippen LogP contribution is -2.42. The Morgan fingerprint density at radius 1 is 0.883 bits per heavy atom. The molecule has 1 rings (SSSR count). The number of carboxylic acid groups (broad SMARTS) is 1. The number of rotatable bonds is 15. The van der Waals surface area contributed by atoms with E-state index in [1.165, 1.54) is 0 Å². The molecule has 0 bridgehead atoms. The SMILES string of the molecule is CO[C@@H]1C/C=C\C=C\C[C@H](C)[C@@H](O)[C@H](C)[C@@H](O)[C@H](C)[C@H](O)CC(=O)O[C@H]([C@H](C)[C@H](O)/C=C(C)/C=C/C=C/C=C/C=C/C=C/C[C@H](O)/C(C)=C/CCC(=O)O)C[C@H](O)CCC1. The molecule has 0 aromatic heterocycles. The molecule has 0 amide bonds. The highest BCUT2D eigenvalue weighted by atomic mass is 16.5. The van der Waals surface area contributed by atoms with Crippen LogP contribution in [0.4, 0.5) is 0 Å². The summed E-state index contributed by atoms with van der Waals surface area (Å²) in [5.74, 6) is -3.64. The number of carbonyl (C=O) groups excluding carboxylic acids is 1. The van der Waals surface area contributed by atoms with Crippen LogP contribution in [0.15, 0.2) is 108 Å². The lowest BCUT2D eigenvalue weighted by Gasteiger charge is -2.33. The molecule has 0 aromatic rings. The van der Waals surface area contributed by atoms with Gasteiger partial charge in [0, 0.05) is 37.7 Å². The molecule has 11 heteroatoms. The first-order valence-corrected chi connectivity index (χ1v) is 21.5. The van der Waals surface area contributed by atoms with Crippen molar-refractivity contribution < 1.29 is 54.8 Å². The Morgan fingerprint density at radius 2 is 1.50 bits per heavy atom. The van der Waals surface area contributed by atoms with Crippen LogP contribution in [0.5, 0.6) is 0 Å². The fourth-order valence-corrected chi connectivity index (χ4v) is 6.81. The molecule has 1 aliphatic heterocycles. The van der Waals surface area contributed by atoms with E-state index in [1.54, 1.807) is 47.0 Å². The lowest BCUT2D eigenvalue weighted by molar-refractivity contribution is -0.159. The van der Waals surface area contributed by atoms with E-state index >= 15 is 0 Å². The molecule has 0 spiro atoms. The molecule has 1 aliphatic rings. The second-order valence-electron chi connectivity index (χ2n) is 16.3. The third-order valence-electron chi connectivity index (χ3n) is 11.2. The van der Waals surface area contributed by atoms with Gasteiger partial charge in [-0.1, -0.05) is 130 Å². The molecule has 60 heavy (non-hydrogen) atoms. The zero-order chi connectivity index (χ0) is 45.0. The lowest BCUT2D eigenvalue weighted by atomic mass is 9.81. The Hall–Kier alpha value is -3.68. The number of allylic oxidation sites excluding steroid dienone is 14. The van der Waals surface area contributed by atoms with Crippen LogP contribution in [-0.2, 0) is 19.1 Å². The molecule has 0 saturated carbocycles. The van der Waals surface area contributed by atoms with Crippen LogP contribution in [-0.4, -0.2) is 104 Å². The van der Waals surface area contributed by atoms with E-state index < -0.39 is 78.8 Å². The van der Waals surface area contributed by atoms with Gasteiger partial charge in [0.2, 0.25) is 0 Å². The van der Waals surface area contributed by atoms with Gasteiger partial charge in [-0.25, -0.2) is 0 Å². The van der Waals surface area contributed by atoms with Crippen LogP contribution in [0, 0.1) is 23.7 Å². The largest absolute Gasteiger partial charge is 0.481 e. The van der Waals surface area contributed by atoms with Gasteiger partial charge in [-0.3, -0.25) is 9.59 Å². The molecule has 0 aliphatic carbocycles. The maximum atomic E-state index is 13.3. The molecule has 1 heterocycles. The molecular formula is C49H76O11. The molecule has 338 valence electrons. The molecule has 0 radical (unpaired) electrons. The van der Waals surface area contributed by atoms with Gasteiger partial charge in [0.25, 0.3) is 0 Å². The monoisotopic (exact) mass is 841 g/mol. The van der Waals surface area contributed by atoms with Gasteiger partial charge in [-0.15, -0.1) is 0 Å². The predicted molar refractivity (Wildman–Crippen MR) is 239 cm³/mol. The zero-order valence-corrected chi connectivity index (χ0v) is 37.0. The van der Waals surface area contributed by atoms with Crippen LogP contribution in [0.3, 0.4) is 0 Å². The summed E-state index contributed by atoms with van der Waals surface area (Å²) >= 11 is 0. The van der Waals surface area contributed by atoms with E-state index in [4.69, 9.17) is 14.6 Å². The van der Waals surface area contributed by atoms with Crippen LogP contribution in [0.2, 0.25) is 0 Å². The number of carboxylic acids is 1. The Bertz CT molecular complexity index is 1500. The van der Waals surface area contributed by atoms with Crippen molar-refractivity contribution in [1.82, 2.24) is 0 Å². The first kappa shape index (κ1) is 54.3. The summed E-state index contributed by atoms with van der Waals surface area (Å²) in [5, 5.41) is 74.3. The van der Waals surface area contributed by atoms with Crippen molar-refractivity contribution >= 4 is 11.9 Å². The number of ether oxygens (including phenoxy) is 2. The van der Waals surface area contributed by atoms with Crippen molar-refractivity contribution in [2.24, 2.45) is 23.7 Å². The Morgan fingerprint density at radius 3 is 2.13 bits per heavy atom. The number of carbonyl (C=O) groups is 2. The third kappa shape index (κ3) is 23.4. The summed E-state index contributed by atoms with van der Waals surface area (Å²) < 4.78 is 11.5. The summed E-state index contributed by atoms with van der Waals surface area (Å²) in [6.45, 7) is 10.6. The molecule has 0 aromatic carbocycles. The summed E-state index contributed by atoms with van der Waals surface area (Å²) in [7, 11) is 1.66. The molecular weight excluding hydrogens is 765 g/mol. The summed E-state index contributed by atoms with van der Waals surface area (Å²) in [6, 6.07) is 0. The van der Waals surface area contributed by atoms with E-state index in [0.29, 0.717) is 38.5 Å². The number of methoxy groups -OCH3 is 1. The molecule has 0 unspecified atom stereocenters. The van der Waals surface area contributed by atoms with Gasteiger partial charge >= 0.3 is 11.9 Å². The van der Waals surface area contributed by atoms with Crippen molar-refractivity contribution in [2.45, 2.75) is 155 Å². The molecule has 7 N–H and O–H groups in total. The number of aliphatic hydroxyl groups is 6. The minimum atomic E-state index is -1.25. The number of hydrogen-bond acceptors (Lipinski definition) is 10. The fraction of sp³-hybridized carbons (Fsp3) is 0.592. The average Bonchev–Trinajstić information content (AvgIpc) is 3.20. The van der Waals surface area contributed by atoms with E-state index in [9.17, 15) is 40.2 Å². The molecule has 12 atom stereocenters. The van der Waals surface area contributed by atoms with Gasteiger partial charge in [0.05, 0.1) is 49.1 Å². The number of hydrogen-bond donors (Lipinski definition) is 7. The number of aliphatic hydroxyl groups excluding tert-OH is 6. The number of aliphatic carboxylic acids is 1. The Labute approximate surface area is 359 Å². The topological polar surface area (TPSA) is 194 Å². The quantitative estimate of drug-likeness (QED) is 0.0493. The highest BCUT2D eigenvalue weighted by Crippen LogP contribution is 2.28. The van der Waals surface area contributed by atoms with Gasteiger partial charge in [-0.05, 0) is 70.3 Å². The fourth-order valence-electron chi connectivity index (χ4n) is 6.81. The van der Waals surface area contributed by atoms with E-state index in [0.717, 1.165) is 17.6 Å². The summed E-state index contributed by atoms with van der Waals surface area (Å²) in [6.07, 6.45) is 26.8. The third-order valence-corrected chi connectivity index (χ3v) is 11.2. The van der Waals surface area contributed by atoms with Gasteiger partial charge < -0.3 is 45.2 Å². The van der Waals surface area contributed by atoms with Crippen molar-refractivity contribution in [3.05, 3.63) is 108 Å². The summed E-state index contributed by atoms with van der Waals surface area (Å²) in [5.41, 5.74) is 1.52. The maximum Gasteiger partial charge on any atom is 0.308 e. The second kappa shape index (κ2) is 31.2. The predicted octanol–water partition coefficient (Wildman–Crippen LogP) is 7.41. The van der Waals surface area contributed by atoms with Crippen molar-refractivity contribution in [3.8, 4) is 0 Å². The van der Waals surface area contributed by atoms with E-state index in [2.05, 4.69) is 0 Å². The van der Waals surface area contributed by atoms with E-state index in [1.807, 2.05) is 98.9 Å². The molecule has 0 saturated heterocycles. The van der Waals surface area contributed by atoms with Crippen molar-refractivity contribution in [1.29, 1.82) is 0 Å². The zero-order valence-electron chi connectivity index (χ0n) is 37.0. The number of cyclic esters (lactones) is 1. The smallest absolute Gasteiger partial charge is 0.308 e. The highest BCUT2D eigenvalue weighted by molar-refractivity contribution is 5.70. The minimum Gasteiger partial charge on any atom is -0.481 e. The Balaban J connectivity index is 2.98. The standard InChI is InChI=1S/C49H76O11/c1-34(23-17-13-11-9-8-10-12-14-20-29-42(51)35(2)25-21-30-46(54)55)31-43(52)37(4)45-32-40(50)26-22-28-41(59-7)27-19-16-15-18-24-36(3)48(57)39(6)49(58)38(5)44(53)33-47(56)60-45/h8-20,23,25,31,36-45,48-53,57-58H,21-22,24,26-30,32-33H2,1-7H3,(H,54,55)/b9-8+,12-10+,13-11+,18-15+,19-16-,20-14+,23-17+,34-31+,35-25+/t36-,37+,38+,39-,40+,41+,42-,43+,44+,45-,48+,49-/m0/s1. The molecule has 0 fully saturated rings. The van der Waals surface area contributed by atoms with Crippen molar-refractivity contribution in [2.75, 3.05) is 7.11 Å². The highest BCUT2D eigenvalue weighted by Gasteiger charge is 2.35. The van der Waals surface area contributed by atoms with Gasteiger partial charge in [-0.2, -0.15) is 0 Å². The van der Waals surface area contributed by atoms with Crippen LogP contribution < -0.4 is 0 Å². The van der Waals surface area contributed by atoms with E-state index in [-0.39, 0.29) is 24.9 Å². The van der Waals surface area contributed by atoms with Gasteiger partial charge in [0.1, 0.15) is 6.10 Å². The number of esters is 1. The van der Waals surface area contributed by atoms with Crippen LogP contribution in [0.1, 0.15) is 106 Å². The average molecular weight is 841 g/mol.